The Morgan fingerprint density at radius 2 is 1.03 bits per heavy atom. The molecule has 350 valence electrons. The number of rotatable bonds is 34. The molecule has 9 nitrogen and oxygen atoms in total. The maximum absolute atomic E-state index is 13.7. The van der Waals surface area contributed by atoms with E-state index < -0.39 is 48.4 Å². The number of unbranched alkanes of at least 4 members (excludes halogenated alkanes) is 14. The van der Waals surface area contributed by atoms with E-state index in [1.54, 1.807) is 6.92 Å². The predicted molar refractivity (Wildman–Crippen MR) is 250 cm³/mol. The highest BCUT2D eigenvalue weighted by Crippen LogP contribution is 2.29. The molecule has 2 aromatic rings. The first-order valence-electron chi connectivity index (χ1n) is 25.0. The van der Waals surface area contributed by atoms with Gasteiger partial charge in [-0.2, -0.15) is 0 Å². The smallest absolute Gasteiger partial charge is 0.306 e. The van der Waals surface area contributed by atoms with Crippen molar-refractivity contribution < 1.29 is 38.8 Å². The molecule has 0 bridgehead atoms. The Morgan fingerprint density at radius 3 is 1.50 bits per heavy atom. The third kappa shape index (κ3) is 21.9. The second-order valence-electron chi connectivity index (χ2n) is 18.0. The summed E-state index contributed by atoms with van der Waals surface area (Å²) in [6.07, 6.45) is 21.9. The van der Waals surface area contributed by atoms with Crippen molar-refractivity contribution in [3.63, 3.8) is 0 Å². The van der Waals surface area contributed by atoms with Crippen LogP contribution in [0.15, 0.2) is 48.5 Å². The number of carbonyl (C=O) groups is 3. The zero-order valence-electron chi connectivity index (χ0n) is 39.2. The lowest BCUT2D eigenvalue weighted by molar-refractivity contribution is -0.241. The third-order valence-electron chi connectivity index (χ3n) is 12.6. The number of aliphatic hydroxyl groups excluding tert-OH is 2. The quantitative estimate of drug-likeness (QED) is 0.0468. The van der Waals surface area contributed by atoms with E-state index in [-0.39, 0.29) is 31.8 Å². The van der Waals surface area contributed by atoms with E-state index in [9.17, 15) is 24.6 Å². The molecule has 1 unspecified atom stereocenters. The average molecular weight is 864 g/mol. The lowest BCUT2D eigenvalue weighted by atomic mass is 9.89. The summed E-state index contributed by atoms with van der Waals surface area (Å²) in [5, 5.41) is 23.9. The van der Waals surface area contributed by atoms with Crippen molar-refractivity contribution in [3.8, 4) is 0 Å². The van der Waals surface area contributed by atoms with Crippen LogP contribution in [0.5, 0.6) is 0 Å². The van der Waals surface area contributed by atoms with Gasteiger partial charge < -0.3 is 29.7 Å². The zero-order valence-corrected chi connectivity index (χ0v) is 39.2. The lowest BCUT2D eigenvalue weighted by Crippen LogP contribution is -2.62. The average Bonchev–Trinajstić information content (AvgIpc) is 3.26. The minimum Gasteiger partial charge on any atom is -0.462 e. The molecule has 1 fully saturated rings. The number of nitrogens with one attached hydrogen (secondary N) is 1. The molecule has 0 aliphatic carbocycles. The summed E-state index contributed by atoms with van der Waals surface area (Å²) in [6.45, 7) is 8.07. The third-order valence-corrected chi connectivity index (χ3v) is 12.6. The van der Waals surface area contributed by atoms with Crippen molar-refractivity contribution in [2.24, 2.45) is 5.92 Å². The van der Waals surface area contributed by atoms with Gasteiger partial charge in [0, 0.05) is 18.8 Å². The molecule has 0 aromatic heterocycles. The van der Waals surface area contributed by atoms with Crippen LogP contribution in [0, 0.1) is 5.92 Å². The largest absolute Gasteiger partial charge is 0.462 e. The number of hydrogen-bond donors (Lipinski definition) is 3. The number of amides is 1. The molecular formula is C53H85NO8. The minimum atomic E-state index is -1.49. The summed E-state index contributed by atoms with van der Waals surface area (Å²) in [5.74, 6) is -1.64. The van der Waals surface area contributed by atoms with Crippen molar-refractivity contribution in [1.29, 1.82) is 0 Å². The lowest BCUT2D eigenvalue weighted by Gasteiger charge is -2.43. The summed E-state index contributed by atoms with van der Waals surface area (Å²) < 4.78 is 17.6. The van der Waals surface area contributed by atoms with Gasteiger partial charge in [0.25, 0.3) is 0 Å². The summed E-state index contributed by atoms with van der Waals surface area (Å²) in [5.41, 5.74) is 5.23. The number of ether oxygens (including phenoxy) is 3. The number of esters is 2. The number of hydrogen-bond acceptors (Lipinski definition) is 8. The van der Waals surface area contributed by atoms with Gasteiger partial charge in [-0.1, -0.05) is 153 Å². The van der Waals surface area contributed by atoms with E-state index in [4.69, 9.17) is 14.2 Å². The number of carbonyl (C=O) groups excluding carboxylic acids is 3. The van der Waals surface area contributed by atoms with Gasteiger partial charge in [-0.25, -0.2) is 0 Å². The fourth-order valence-electron chi connectivity index (χ4n) is 8.52. The van der Waals surface area contributed by atoms with E-state index in [0.29, 0.717) is 19.3 Å². The Kier molecular flexibility index (Phi) is 27.7. The monoisotopic (exact) mass is 864 g/mol. The van der Waals surface area contributed by atoms with Crippen LogP contribution in [0.25, 0.3) is 0 Å². The Bertz CT molecular complexity index is 1480. The van der Waals surface area contributed by atoms with Crippen LogP contribution < -0.4 is 5.32 Å². The van der Waals surface area contributed by atoms with E-state index >= 15 is 0 Å². The van der Waals surface area contributed by atoms with Crippen molar-refractivity contribution >= 4 is 17.8 Å². The molecule has 1 aliphatic rings. The molecule has 1 heterocycles. The van der Waals surface area contributed by atoms with Crippen molar-refractivity contribution in [1.82, 2.24) is 5.32 Å². The predicted octanol–water partition coefficient (Wildman–Crippen LogP) is 11.2. The van der Waals surface area contributed by atoms with Crippen molar-refractivity contribution in [2.75, 3.05) is 6.61 Å². The summed E-state index contributed by atoms with van der Waals surface area (Å²) in [4.78, 5) is 40.0. The van der Waals surface area contributed by atoms with Gasteiger partial charge in [0.15, 0.2) is 6.29 Å². The van der Waals surface area contributed by atoms with Gasteiger partial charge in [0.05, 0.1) is 19.1 Å². The molecule has 9 heteroatoms. The van der Waals surface area contributed by atoms with Gasteiger partial charge in [0.1, 0.15) is 18.2 Å². The summed E-state index contributed by atoms with van der Waals surface area (Å²) in [6, 6.07) is 16.5. The van der Waals surface area contributed by atoms with Crippen LogP contribution in [0.3, 0.4) is 0 Å². The first-order valence-corrected chi connectivity index (χ1v) is 25.0. The zero-order chi connectivity index (χ0) is 44.8. The fourth-order valence-corrected chi connectivity index (χ4v) is 8.52. The van der Waals surface area contributed by atoms with Crippen LogP contribution in [-0.4, -0.2) is 65.3 Å². The summed E-state index contributed by atoms with van der Waals surface area (Å²) >= 11 is 0. The molecule has 2 aromatic carbocycles. The molecule has 62 heavy (non-hydrogen) atoms. The normalized spacial score (nSPS) is 19.2. The fraction of sp³-hybridized carbons (Fsp3) is 0.717. The van der Waals surface area contributed by atoms with Crippen molar-refractivity contribution in [3.05, 3.63) is 70.8 Å². The van der Waals surface area contributed by atoms with Crippen LogP contribution in [0.4, 0.5) is 0 Å². The number of benzene rings is 2. The minimum absolute atomic E-state index is 0.0746. The van der Waals surface area contributed by atoms with Gasteiger partial charge in [-0.15, -0.1) is 0 Å². The second kappa shape index (κ2) is 32.4. The molecule has 3 N–H and O–H groups in total. The molecule has 0 spiro atoms. The Balaban J connectivity index is 1.53. The molecule has 1 aliphatic heterocycles. The highest BCUT2D eigenvalue weighted by atomic mass is 16.6. The van der Waals surface area contributed by atoms with Gasteiger partial charge >= 0.3 is 11.9 Å². The van der Waals surface area contributed by atoms with E-state index in [1.165, 1.54) is 99.3 Å². The molecule has 1 amide bonds. The van der Waals surface area contributed by atoms with Crippen molar-refractivity contribution in [2.45, 2.75) is 232 Å². The Hall–Kier alpha value is -3.27. The highest BCUT2D eigenvalue weighted by molar-refractivity contribution is 5.78. The summed E-state index contributed by atoms with van der Waals surface area (Å²) in [7, 11) is 0. The highest BCUT2D eigenvalue weighted by Gasteiger charge is 2.46. The first-order chi connectivity index (χ1) is 30.2. The molecule has 0 saturated carbocycles. The standard InChI is InChI=1S/C53H85NO8/c1-5-8-11-12-13-14-15-16-19-28-46(60-49(57)29-22-20-26-44-35-31-42(32-36-44)24-17-9-6-2)39-48(56)54-51-52(41(4)47(40-55)61-53(51)59)62-50(58)30-23-21-27-45-37-33-43(34-38-45)25-18-10-7-3/h31-38,41,46-47,51-53,55,59H,5-30,39-40H2,1-4H3,(H,54,56)/t41-,46+,47-,51-,52+,53?/m1/s1. The SMILES string of the molecule is CCCCCCCCCCC[C@@H](CC(=O)N[C@H]1C(O)O[C@H](CO)[C@@H](C)[C@@H]1OC(=O)CCCCc1ccc(CCCCC)cc1)OC(=O)CCCCc1ccc(CCCCC)cc1. The molecular weight excluding hydrogens is 779 g/mol. The molecule has 0 radical (unpaired) electrons. The maximum atomic E-state index is 13.7. The molecule has 3 rings (SSSR count). The van der Waals surface area contributed by atoms with E-state index in [1.807, 2.05) is 0 Å². The second-order valence-corrected chi connectivity index (χ2v) is 18.0. The van der Waals surface area contributed by atoms with E-state index in [2.05, 4.69) is 74.6 Å². The van der Waals surface area contributed by atoms with Gasteiger partial charge in [-0.3, -0.25) is 14.4 Å². The van der Waals surface area contributed by atoms with Crippen LogP contribution in [-0.2, 0) is 54.3 Å². The Morgan fingerprint density at radius 1 is 0.613 bits per heavy atom. The number of aryl methyl sites for hydroxylation is 4. The maximum Gasteiger partial charge on any atom is 0.306 e. The topological polar surface area (TPSA) is 131 Å². The molecule has 1 saturated heterocycles. The van der Waals surface area contributed by atoms with E-state index in [0.717, 1.165) is 57.8 Å². The van der Waals surface area contributed by atoms with Crippen LogP contribution >= 0.6 is 0 Å². The van der Waals surface area contributed by atoms with Crippen LogP contribution in [0.2, 0.25) is 0 Å². The first kappa shape index (κ1) is 53.1. The molecule has 6 atom stereocenters. The van der Waals surface area contributed by atoms with Crippen LogP contribution in [0.1, 0.15) is 198 Å². The number of aliphatic hydroxyl groups is 2. The van der Waals surface area contributed by atoms with Gasteiger partial charge in [-0.05, 0) is 99.3 Å². The van der Waals surface area contributed by atoms with Gasteiger partial charge in [0.2, 0.25) is 5.91 Å². The Labute approximate surface area is 375 Å².